The summed E-state index contributed by atoms with van der Waals surface area (Å²) in [5, 5.41) is 12.5. The lowest BCUT2D eigenvalue weighted by atomic mass is 9.99. The van der Waals surface area contributed by atoms with Crippen molar-refractivity contribution in [2.24, 2.45) is 0 Å². The Morgan fingerprint density at radius 2 is 1.87 bits per heavy atom. The fraction of sp³-hybridized carbons (Fsp3) is 0.538. The minimum atomic E-state index is -0.191. The van der Waals surface area contributed by atoms with Gasteiger partial charge >= 0.3 is 0 Å². The van der Waals surface area contributed by atoms with Crippen molar-refractivity contribution in [1.29, 1.82) is 0 Å². The molecule has 2 nitrogen and oxygen atoms in total. The molecule has 2 heteroatoms. The van der Waals surface area contributed by atoms with E-state index in [1.165, 1.54) is 5.56 Å². The van der Waals surface area contributed by atoms with Gasteiger partial charge in [-0.15, -0.1) is 0 Å². The monoisotopic (exact) mass is 207 g/mol. The minimum Gasteiger partial charge on any atom is -0.394 e. The predicted octanol–water partition coefficient (Wildman–Crippen LogP) is 2.15. The van der Waals surface area contributed by atoms with E-state index in [0.717, 1.165) is 6.54 Å². The maximum Gasteiger partial charge on any atom is 0.0607 e. The van der Waals surface area contributed by atoms with Gasteiger partial charge in [0.2, 0.25) is 0 Å². The molecule has 0 bridgehead atoms. The summed E-state index contributed by atoms with van der Waals surface area (Å²) in [6.07, 6.45) is 0. The molecule has 0 fully saturated rings. The first-order valence-corrected chi connectivity index (χ1v) is 5.46. The average Bonchev–Trinajstić information content (AvgIpc) is 2.27. The van der Waals surface area contributed by atoms with E-state index in [1.807, 2.05) is 19.9 Å². The summed E-state index contributed by atoms with van der Waals surface area (Å²) in [6, 6.07) is 10.4. The second kappa shape index (κ2) is 5.29. The van der Waals surface area contributed by atoms with E-state index in [-0.39, 0.29) is 12.1 Å². The molecule has 0 saturated heterocycles. The summed E-state index contributed by atoms with van der Waals surface area (Å²) < 4.78 is 0. The summed E-state index contributed by atoms with van der Waals surface area (Å²) in [6.45, 7) is 7.25. The number of nitrogens with one attached hydrogen (secondary N) is 1. The van der Waals surface area contributed by atoms with E-state index < -0.39 is 0 Å². The average molecular weight is 207 g/mol. The molecule has 2 N–H and O–H groups in total. The summed E-state index contributed by atoms with van der Waals surface area (Å²) >= 11 is 0. The van der Waals surface area contributed by atoms with Crippen LogP contribution in [0.3, 0.4) is 0 Å². The third-order valence-corrected chi connectivity index (χ3v) is 2.65. The van der Waals surface area contributed by atoms with E-state index in [9.17, 15) is 0 Å². The van der Waals surface area contributed by atoms with Crippen LogP contribution in [-0.2, 0) is 0 Å². The zero-order chi connectivity index (χ0) is 11.3. The molecular formula is C13H21NO. The van der Waals surface area contributed by atoms with Crippen molar-refractivity contribution < 1.29 is 5.11 Å². The molecule has 0 amide bonds. The molecule has 0 spiro atoms. The van der Waals surface area contributed by atoms with Gasteiger partial charge in [-0.25, -0.2) is 0 Å². The Balaban J connectivity index is 2.47. The molecule has 0 saturated carbocycles. The Bertz CT molecular complexity index is 282. The molecular weight excluding hydrogens is 186 g/mol. The van der Waals surface area contributed by atoms with Crippen LogP contribution in [0.5, 0.6) is 0 Å². The van der Waals surface area contributed by atoms with Crippen molar-refractivity contribution in [3.63, 3.8) is 0 Å². The van der Waals surface area contributed by atoms with Gasteiger partial charge < -0.3 is 10.4 Å². The van der Waals surface area contributed by atoms with Crippen molar-refractivity contribution in [3.05, 3.63) is 35.9 Å². The minimum absolute atomic E-state index is 0.161. The van der Waals surface area contributed by atoms with Gasteiger partial charge in [-0.3, -0.25) is 0 Å². The molecule has 1 aromatic rings. The largest absolute Gasteiger partial charge is 0.394 e. The second-order valence-electron chi connectivity index (χ2n) is 4.73. The summed E-state index contributed by atoms with van der Waals surface area (Å²) in [5.41, 5.74) is 1.14. The van der Waals surface area contributed by atoms with Crippen molar-refractivity contribution in [1.82, 2.24) is 5.32 Å². The highest BCUT2D eigenvalue weighted by atomic mass is 16.3. The van der Waals surface area contributed by atoms with Gasteiger partial charge in [0.1, 0.15) is 0 Å². The number of hydrogen-bond donors (Lipinski definition) is 2. The fourth-order valence-electron chi connectivity index (χ4n) is 1.38. The topological polar surface area (TPSA) is 32.3 Å². The highest BCUT2D eigenvalue weighted by molar-refractivity contribution is 5.19. The Morgan fingerprint density at radius 1 is 1.27 bits per heavy atom. The van der Waals surface area contributed by atoms with Crippen LogP contribution in [0, 0.1) is 0 Å². The Kier molecular flexibility index (Phi) is 4.30. The van der Waals surface area contributed by atoms with Crippen LogP contribution in [0.15, 0.2) is 30.3 Å². The molecule has 1 rings (SSSR count). The second-order valence-corrected chi connectivity index (χ2v) is 4.73. The van der Waals surface area contributed by atoms with Crippen molar-refractivity contribution in [3.8, 4) is 0 Å². The normalized spacial score (nSPS) is 13.9. The molecule has 0 aliphatic heterocycles. The molecule has 0 heterocycles. The van der Waals surface area contributed by atoms with Gasteiger partial charge in [0.05, 0.1) is 6.61 Å². The zero-order valence-corrected chi connectivity index (χ0v) is 9.83. The van der Waals surface area contributed by atoms with E-state index in [2.05, 4.69) is 36.5 Å². The van der Waals surface area contributed by atoms with Gasteiger partial charge in [-0.05, 0) is 25.3 Å². The molecule has 0 radical (unpaired) electrons. The highest BCUT2D eigenvalue weighted by Gasteiger charge is 2.16. The van der Waals surface area contributed by atoms with Gasteiger partial charge in [-0.2, -0.15) is 0 Å². The molecule has 15 heavy (non-hydrogen) atoms. The zero-order valence-electron chi connectivity index (χ0n) is 9.83. The van der Waals surface area contributed by atoms with Crippen LogP contribution in [-0.4, -0.2) is 23.8 Å². The number of aliphatic hydroxyl groups is 1. The van der Waals surface area contributed by atoms with Gasteiger partial charge in [0, 0.05) is 12.1 Å². The SMILES string of the molecule is C[C@H](CNC(C)(C)CO)c1ccccc1. The first kappa shape index (κ1) is 12.2. The standard InChI is InChI=1S/C13H21NO/c1-11(9-14-13(2,3)10-15)12-7-5-4-6-8-12/h4-8,11,14-15H,9-10H2,1-3H3/t11-/m1/s1. The Hall–Kier alpha value is -0.860. The smallest absolute Gasteiger partial charge is 0.0607 e. The molecule has 84 valence electrons. The Morgan fingerprint density at radius 3 is 2.40 bits per heavy atom. The van der Waals surface area contributed by atoms with E-state index >= 15 is 0 Å². The first-order valence-electron chi connectivity index (χ1n) is 5.46. The quantitative estimate of drug-likeness (QED) is 0.775. The lowest BCUT2D eigenvalue weighted by Gasteiger charge is -2.25. The van der Waals surface area contributed by atoms with Gasteiger partial charge in [0.25, 0.3) is 0 Å². The molecule has 0 aliphatic carbocycles. The summed E-state index contributed by atoms with van der Waals surface area (Å²) in [5.74, 6) is 0.469. The van der Waals surface area contributed by atoms with Crippen LogP contribution in [0.25, 0.3) is 0 Å². The number of hydrogen-bond acceptors (Lipinski definition) is 2. The third-order valence-electron chi connectivity index (χ3n) is 2.65. The fourth-order valence-corrected chi connectivity index (χ4v) is 1.38. The highest BCUT2D eigenvalue weighted by Crippen LogP contribution is 2.14. The Labute approximate surface area is 92.3 Å². The van der Waals surface area contributed by atoms with Crippen LogP contribution < -0.4 is 5.32 Å². The lowest BCUT2D eigenvalue weighted by Crippen LogP contribution is -2.44. The van der Waals surface area contributed by atoms with Crippen LogP contribution in [0.2, 0.25) is 0 Å². The van der Waals surface area contributed by atoms with Crippen molar-refractivity contribution in [2.75, 3.05) is 13.2 Å². The van der Waals surface area contributed by atoms with E-state index in [4.69, 9.17) is 5.11 Å². The van der Waals surface area contributed by atoms with E-state index in [1.54, 1.807) is 0 Å². The number of benzene rings is 1. The summed E-state index contributed by atoms with van der Waals surface area (Å²) in [7, 11) is 0. The first-order chi connectivity index (χ1) is 7.05. The van der Waals surface area contributed by atoms with Crippen LogP contribution >= 0.6 is 0 Å². The number of rotatable bonds is 5. The van der Waals surface area contributed by atoms with Crippen molar-refractivity contribution in [2.45, 2.75) is 32.2 Å². The molecule has 0 aromatic heterocycles. The van der Waals surface area contributed by atoms with Crippen molar-refractivity contribution >= 4 is 0 Å². The maximum absolute atomic E-state index is 9.11. The van der Waals surface area contributed by atoms with Crippen LogP contribution in [0.1, 0.15) is 32.3 Å². The third kappa shape index (κ3) is 4.02. The van der Waals surface area contributed by atoms with Gasteiger partial charge in [0.15, 0.2) is 0 Å². The van der Waals surface area contributed by atoms with Gasteiger partial charge in [-0.1, -0.05) is 37.3 Å². The molecule has 0 unspecified atom stereocenters. The number of aliphatic hydroxyl groups excluding tert-OH is 1. The molecule has 1 atom stereocenters. The lowest BCUT2D eigenvalue weighted by molar-refractivity contribution is 0.187. The predicted molar refractivity (Wildman–Crippen MR) is 64.0 cm³/mol. The molecule has 1 aromatic carbocycles. The maximum atomic E-state index is 9.11. The molecule has 0 aliphatic rings. The van der Waals surface area contributed by atoms with Crippen LogP contribution in [0.4, 0.5) is 0 Å². The summed E-state index contributed by atoms with van der Waals surface area (Å²) in [4.78, 5) is 0. The van der Waals surface area contributed by atoms with E-state index in [0.29, 0.717) is 5.92 Å².